The quantitative estimate of drug-likeness (QED) is 0.410. The van der Waals surface area contributed by atoms with Crippen molar-refractivity contribution in [3.63, 3.8) is 0 Å². The van der Waals surface area contributed by atoms with Gasteiger partial charge in [-0.15, -0.1) is 22.7 Å². The molecule has 3 rings (SSSR count). The molecule has 0 fully saturated rings. The van der Waals surface area contributed by atoms with Crippen molar-refractivity contribution in [1.29, 1.82) is 0 Å². The van der Waals surface area contributed by atoms with Crippen LogP contribution >= 0.6 is 58.1 Å². The topological polar surface area (TPSA) is 57.3 Å². The molecular weight excluding hydrogens is 467 g/mol. The zero-order valence-corrected chi connectivity index (χ0v) is 19.6. The van der Waals surface area contributed by atoms with Gasteiger partial charge in [0.25, 0.3) is 5.91 Å². The molecule has 0 saturated carbocycles. The Morgan fingerprint density at radius 2 is 1.90 bits per heavy atom. The number of halogens is 2. The fourth-order valence-corrected chi connectivity index (χ4v) is 5.14. The molecule has 0 atom stereocenters. The summed E-state index contributed by atoms with van der Waals surface area (Å²) in [5, 5.41) is 8.19. The number of amides is 1. The van der Waals surface area contributed by atoms with Crippen LogP contribution in [-0.2, 0) is 0 Å². The van der Waals surface area contributed by atoms with E-state index in [9.17, 15) is 4.79 Å². The smallest absolute Gasteiger partial charge is 0.257 e. The van der Waals surface area contributed by atoms with Crippen molar-refractivity contribution in [2.45, 2.75) is 13.8 Å². The summed E-state index contributed by atoms with van der Waals surface area (Å²) in [7, 11) is 0. The summed E-state index contributed by atoms with van der Waals surface area (Å²) in [6.07, 6.45) is 0. The van der Waals surface area contributed by atoms with E-state index in [4.69, 9.17) is 35.4 Å². The minimum absolute atomic E-state index is 0.179. The van der Waals surface area contributed by atoms with Gasteiger partial charge in [0.1, 0.15) is 4.34 Å². The van der Waals surface area contributed by atoms with Gasteiger partial charge in [-0.1, -0.05) is 23.2 Å². The summed E-state index contributed by atoms with van der Waals surface area (Å²) in [6, 6.07) is 9.21. The van der Waals surface area contributed by atoms with Crippen LogP contribution in [0.5, 0.6) is 0 Å². The van der Waals surface area contributed by atoms with Gasteiger partial charge in [0, 0.05) is 35.3 Å². The first kappa shape index (κ1) is 22.0. The van der Waals surface area contributed by atoms with E-state index in [0.717, 1.165) is 24.3 Å². The van der Waals surface area contributed by atoms with Crippen molar-refractivity contribution >= 4 is 79.9 Å². The number of benzene rings is 1. The first-order valence-electron chi connectivity index (χ1n) is 8.79. The Kier molecular flexibility index (Phi) is 7.48. The Morgan fingerprint density at radius 3 is 2.48 bits per heavy atom. The van der Waals surface area contributed by atoms with Gasteiger partial charge in [-0.3, -0.25) is 10.1 Å². The lowest BCUT2D eigenvalue weighted by molar-refractivity contribution is 0.0978. The van der Waals surface area contributed by atoms with Crippen LogP contribution in [-0.4, -0.2) is 29.1 Å². The fourth-order valence-electron chi connectivity index (χ4n) is 2.69. The molecule has 29 heavy (non-hydrogen) atoms. The van der Waals surface area contributed by atoms with Crippen molar-refractivity contribution in [3.8, 4) is 11.3 Å². The van der Waals surface area contributed by atoms with Crippen LogP contribution in [0.4, 0.5) is 10.8 Å². The van der Waals surface area contributed by atoms with Crippen LogP contribution in [0.2, 0.25) is 8.67 Å². The Bertz CT molecular complexity index is 1010. The van der Waals surface area contributed by atoms with Crippen molar-refractivity contribution in [2.24, 2.45) is 0 Å². The van der Waals surface area contributed by atoms with Crippen LogP contribution < -0.4 is 15.5 Å². The summed E-state index contributed by atoms with van der Waals surface area (Å²) in [6.45, 7) is 6.02. The number of carbonyl (C=O) groups is 1. The summed E-state index contributed by atoms with van der Waals surface area (Å²) >= 11 is 20.1. The number of hydrogen-bond acceptors (Lipinski definition) is 6. The monoisotopic (exact) mass is 484 g/mol. The predicted molar refractivity (Wildman–Crippen MR) is 129 cm³/mol. The van der Waals surface area contributed by atoms with Crippen molar-refractivity contribution in [2.75, 3.05) is 23.3 Å². The van der Waals surface area contributed by atoms with Gasteiger partial charge in [-0.05, 0) is 56.4 Å². The standard InChI is InChI=1S/C19H18Cl2N4OS3/c1-3-25(4-2)12-7-5-11(6-8-12)17(26)23-18(27)24-19-22-14(10-28-19)13-9-15(20)29-16(13)21/h5-10H,3-4H2,1-2H3,(H2,22,23,24,26,27). The number of carbonyl (C=O) groups excluding carboxylic acids is 1. The molecule has 5 nitrogen and oxygen atoms in total. The molecule has 152 valence electrons. The van der Waals surface area contributed by atoms with Crippen molar-refractivity contribution in [3.05, 3.63) is 49.9 Å². The lowest BCUT2D eigenvalue weighted by atomic mass is 10.2. The highest BCUT2D eigenvalue weighted by molar-refractivity contribution is 7.80. The van der Waals surface area contributed by atoms with Crippen LogP contribution in [0.15, 0.2) is 35.7 Å². The lowest BCUT2D eigenvalue weighted by Crippen LogP contribution is -2.34. The third-order valence-corrected chi connectivity index (χ3v) is 6.59. The summed E-state index contributed by atoms with van der Waals surface area (Å²) < 4.78 is 1.18. The van der Waals surface area contributed by atoms with Crippen LogP contribution in [0.1, 0.15) is 24.2 Å². The average molecular weight is 485 g/mol. The first-order valence-corrected chi connectivity index (χ1v) is 11.6. The molecule has 0 aliphatic rings. The molecule has 10 heteroatoms. The number of thiophene rings is 1. The molecule has 0 unspecified atom stereocenters. The second-order valence-corrected chi connectivity index (χ2v) is 9.46. The van der Waals surface area contributed by atoms with E-state index in [1.807, 2.05) is 17.5 Å². The number of nitrogens with zero attached hydrogens (tertiary/aromatic N) is 2. The highest BCUT2D eigenvalue weighted by Gasteiger charge is 2.14. The number of thiazole rings is 1. The molecule has 1 aromatic carbocycles. The molecule has 0 spiro atoms. The van der Waals surface area contributed by atoms with Crippen LogP contribution in [0.25, 0.3) is 11.3 Å². The maximum Gasteiger partial charge on any atom is 0.257 e. The van der Waals surface area contributed by atoms with E-state index < -0.39 is 0 Å². The lowest BCUT2D eigenvalue weighted by Gasteiger charge is -2.21. The SMILES string of the molecule is CCN(CC)c1ccc(C(=O)NC(=S)Nc2nc(-c3cc(Cl)sc3Cl)cs2)cc1. The number of rotatable bonds is 6. The summed E-state index contributed by atoms with van der Waals surface area (Å²) in [5.41, 5.74) is 3.08. The van der Waals surface area contributed by atoms with Gasteiger partial charge in [-0.25, -0.2) is 4.98 Å². The second kappa shape index (κ2) is 9.86. The van der Waals surface area contributed by atoms with Gasteiger partial charge in [-0.2, -0.15) is 0 Å². The Morgan fingerprint density at radius 1 is 1.21 bits per heavy atom. The van der Waals surface area contributed by atoms with Gasteiger partial charge in [0.2, 0.25) is 0 Å². The van der Waals surface area contributed by atoms with Crippen LogP contribution in [0.3, 0.4) is 0 Å². The average Bonchev–Trinajstić information content (AvgIpc) is 3.28. The zero-order chi connectivity index (χ0) is 21.0. The molecule has 0 aliphatic carbocycles. The van der Waals surface area contributed by atoms with Gasteiger partial charge < -0.3 is 10.2 Å². The van der Waals surface area contributed by atoms with E-state index in [0.29, 0.717) is 25.1 Å². The predicted octanol–water partition coefficient (Wildman–Crippen LogP) is 6.15. The fraction of sp³-hybridized carbons (Fsp3) is 0.211. The molecule has 0 aliphatic heterocycles. The normalized spacial score (nSPS) is 10.6. The van der Waals surface area contributed by atoms with Gasteiger partial charge in [0.15, 0.2) is 10.2 Å². The highest BCUT2D eigenvalue weighted by atomic mass is 35.5. The minimum atomic E-state index is -0.280. The third kappa shape index (κ3) is 5.46. The van der Waals surface area contributed by atoms with E-state index in [2.05, 4.69) is 34.4 Å². The minimum Gasteiger partial charge on any atom is -0.372 e. The Hall–Kier alpha value is -1.71. The van der Waals surface area contributed by atoms with Crippen molar-refractivity contribution in [1.82, 2.24) is 10.3 Å². The van der Waals surface area contributed by atoms with Gasteiger partial charge >= 0.3 is 0 Å². The molecule has 3 aromatic rings. The van der Waals surface area contributed by atoms with Crippen LogP contribution in [0, 0.1) is 0 Å². The molecule has 0 saturated heterocycles. The molecule has 0 radical (unpaired) electrons. The van der Waals surface area contributed by atoms with E-state index in [-0.39, 0.29) is 11.0 Å². The van der Waals surface area contributed by atoms with E-state index in [1.54, 1.807) is 18.2 Å². The van der Waals surface area contributed by atoms with E-state index in [1.165, 1.54) is 22.7 Å². The third-order valence-electron chi connectivity index (χ3n) is 4.14. The summed E-state index contributed by atoms with van der Waals surface area (Å²) in [4.78, 5) is 19.1. The molecule has 2 heterocycles. The van der Waals surface area contributed by atoms with Crippen molar-refractivity contribution < 1.29 is 4.79 Å². The number of anilines is 2. The van der Waals surface area contributed by atoms with E-state index >= 15 is 0 Å². The molecule has 2 N–H and O–H groups in total. The van der Waals surface area contributed by atoms with Gasteiger partial charge in [0.05, 0.1) is 10.0 Å². The number of nitrogens with one attached hydrogen (secondary N) is 2. The summed E-state index contributed by atoms with van der Waals surface area (Å²) in [5.74, 6) is -0.280. The molecule has 0 bridgehead atoms. The number of thiocarbonyl (C=S) groups is 1. The maximum atomic E-state index is 12.4. The molecule has 2 aromatic heterocycles. The largest absolute Gasteiger partial charge is 0.372 e. The first-order chi connectivity index (χ1) is 13.9. The Labute approximate surface area is 192 Å². The number of aromatic nitrogens is 1. The molecule has 1 amide bonds. The maximum absolute atomic E-state index is 12.4. The zero-order valence-electron chi connectivity index (χ0n) is 15.7. The second-order valence-electron chi connectivity index (χ2n) is 5.90. The molecular formula is C19H18Cl2N4OS3. The highest BCUT2D eigenvalue weighted by Crippen LogP contribution is 2.38. The number of hydrogen-bond donors (Lipinski definition) is 2. The Balaban J connectivity index is 1.61.